The summed E-state index contributed by atoms with van der Waals surface area (Å²) in [5.74, 6) is -0.102. The van der Waals surface area contributed by atoms with E-state index < -0.39 is 6.04 Å². The molecule has 7 heteroatoms. The van der Waals surface area contributed by atoms with Gasteiger partial charge in [-0.1, -0.05) is 30.0 Å². The van der Waals surface area contributed by atoms with Gasteiger partial charge >= 0.3 is 5.97 Å². The van der Waals surface area contributed by atoms with Crippen LogP contribution in [-0.2, 0) is 14.3 Å². The summed E-state index contributed by atoms with van der Waals surface area (Å²) in [7, 11) is 0. The zero-order valence-electron chi connectivity index (χ0n) is 14.2. The van der Waals surface area contributed by atoms with Gasteiger partial charge in [-0.15, -0.1) is 0 Å². The molecule has 1 atom stereocenters. The summed E-state index contributed by atoms with van der Waals surface area (Å²) in [5, 5.41) is 1.71. The Labute approximate surface area is 151 Å². The zero-order valence-corrected chi connectivity index (χ0v) is 15.0. The average Bonchev–Trinajstić information content (AvgIpc) is 2.66. The Hall–Kier alpha value is -2.15. The first-order chi connectivity index (χ1) is 12.2. The van der Waals surface area contributed by atoms with E-state index in [9.17, 15) is 9.59 Å². The fourth-order valence-electron chi connectivity index (χ4n) is 3.02. The van der Waals surface area contributed by atoms with Crippen molar-refractivity contribution in [1.82, 2.24) is 14.9 Å². The van der Waals surface area contributed by atoms with Crippen molar-refractivity contribution in [3.05, 3.63) is 30.6 Å². The monoisotopic (exact) mass is 359 g/mol. The maximum absolute atomic E-state index is 12.7. The topological polar surface area (TPSA) is 72.4 Å². The second-order valence-electron chi connectivity index (χ2n) is 5.84. The lowest BCUT2D eigenvalue weighted by molar-refractivity contribution is -0.155. The van der Waals surface area contributed by atoms with E-state index >= 15 is 0 Å². The highest BCUT2D eigenvalue weighted by molar-refractivity contribution is 8.00. The molecule has 1 fully saturated rings. The van der Waals surface area contributed by atoms with E-state index in [1.807, 2.05) is 24.3 Å². The second kappa shape index (κ2) is 8.29. The molecule has 1 aliphatic rings. The molecular weight excluding hydrogens is 338 g/mol. The molecule has 0 unspecified atom stereocenters. The maximum atomic E-state index is 12.7. The van der Waals surface area contributed by atoms with E-state index in [0.717, 1.165) is 28.8 Å². The number of nitrogens with zero attached hydrogens (tertiary/aromatic N) is 3. The van der Waals surface area contributed by atoms with E-state index in [4.69, 9.17) is 4.74 Å². The van der Waals surface area contributed by atoms with Crippen molar-refractivity contribution in [2.75, 3.05) is 18.9 Å². The van der Waals surface area contributed by atoms with E-state index in [0.29, 0.717) is 19.6 Å². The predicted octanol–water partition coefficient (Wildman–Crippen LogP) is 2.67. The molecule has 2 heterocycles. The molecule has 25 heavy (non-hydrogen) atoms. The second-order valence-corrected chi connectivity index (χ2v) is 6.80. The van der Waals surface area contributed by atoms with Crippen molar-refractivity contribution in [3.8, 4) is 0 Å². The summed E-state index contributed by atoms with van der Waals surface area (Å²) in [6.45, 7) is 2.72. The molecule has 1 aromatic carbocycles. The van der Waals surface area contributed by atoms with Gasteiger partial charge in [0.25, 0.3) is 0 Å². The summed E-state index contributed by atoms with van der Waals surface area (Å²) in [6.07, 6.45) is 4.04. The molecule has 0 spiro atoms. The van der Waals surface area contributed by atoms with Gasteiger partial charge in [0.2, 0.25) is 5.91 Å². The molecule has 0 aliphatic carbocycles. The fraction of sp³-hybridized carbons (Fsp3) is 0.444. The Morgan fingerprint density at radius 3 is 2.96 bits per heavy atom. The Balaban J connectivity index is 1.69. The predicted molar refractivity (Wildman–Crippen MR) is 96.2 cm³/mol. The molecule has 132 valence electrons. The molecular formula is C18H21N3O3S. The number of ether oxygens (including phenoxy) is 1. The van der Waals surface area contributed by atoms with Crippen LogP contribution in [0.25, 0.3) is 10.9 Å². The standard InChI is InChI=1S/C18H21N3O3S/c1-2-24-18(23)15-9-5-6-10-21(15)16(22)11-25-17-13-7-3-4-8-14(13)19-12-20-17/h3-4,7-8,12,15H,2,5-6,9-11H2,1H3/t15-/m0/s1. The number of benzene rings is 1. The normalized spacial score (nSPS) is 17.5. The van der Waals surface area contributed by atoms with Crippen molar-refractivity contribution >= 4 is 34.5 Å². The first kappa shape index (κ1) is 17.7. The smallest absolute Gasteiger partial charge is 0.328 e. The van der Waals surface area contributed by atoms with E-state index in [1.54, 1.807) is 11.8 Å². The Kier molecular flexibility index (Phi) is 5.86. The Bertz CT molecular complexity index is 763. The Morgan fingerprint density at radius 2 is 2.12 bits per heavy atom. The molecule has 1 saturated heterocycles. The highest BCUT2D eigenvalue weighted by atomic mass is 32.2. The minimum Gasteiger partial charge on any atom is -0.464 e. The summed E-state index contributed by atoms with van der Waals surface area (Å²) >= 11 is 1.38. The largest absolute Gasteiger partial charge is 0.464 e. The van der Waals surface area contributed by atoms with Gasteiger partial charge in [0.15, 0.2) is 0 Å². The fourth-order valence-corrected chi connectivity index (χ4v) is 3.90. The molecule has 0 saturated carbocycles. The average molecular weight is 359 g/mol. The van der Waals surface area contributed by atoms with Crippen LogP contribution in [0.2, 0.25) is 0 Å². The molecule has 6 nitrogen and oxygen atoms in total. The lowest BCUT2D eigenvalue weighted by Gasteiger charge is -2.34. The van der Waals surface area contributed by atoms with E-state index in [-0.39, 0.29) is 17.6 Å². The molecule has 0 bridgehead atoms. The Morgan fingerprint density at radius 1 is 1.28 bits per heavy atom. The molecule has 1 amide bonds. The first-order valence-electron chi connectivity index (χ1n) is 8.49. The van der Waals surface area contributed by atoms with Gasteiger partial charge in [0, 0.05) is 11.9 Å². The van der Waals surface area contributed by atoms with Gasteiger partial charge in [0.1, 0.15) is 17.4 Å². The van der Waals surface area contributed by atoms with Gasteiger partial charge in [-0.25, -0.2) is 14.8 Å². The third-order valence-corrected chi connectivity index (χ3v) is 5.21. The highest BCUT2D eigenvalue weighted by Crippen LogP contribution is 2.26. The first-order valence-corrected chi connectivity index (χ1v) is 9.48. The summed E-state index contributed by atoms with van der Waals surface area (Å²) in [4.78, 5) is 35.0. The number of para-hydroxylation sites is 1. The van der Waals surface area contributed by atoms with Crippen LogP contribution in [0.3, 0.4) is 0 Å². The van der Waals surface area contributed by atoms with Crippen LogP contribution in [0, 0.1) is 0 Å². The van der Waals surface area contributed by atoms with Gasteiger partial charge in [-0.05, 0) is 32.3 Å². The van der Waals surface area contributed by atoms with Crippen molar-refractivity contribution in [2.45, 2.75) is 37.3 Å². The highest BCUT2D eigenvalue weighted by Gasteiger charge is 2.33. The third-order valence-electron chi connectivity index (χ3n) is 4.22. The van der Waals surface area contributed by atoms with E-state index in [2.05, 4.69) is 9.97 Å². The van der Waals surface area contributed by atoms with Crippen LogP contribution in [0.5, 0.6) is 0 Å². The van der Waals surface area contributed by atoms with Gasteiger partial charge in [-0.2, -0.15) is 0 Å². The molecule has 1 aliphatic heterocycles. The summed E-state index contributed by atoms with van der Waals surface area (Å²) < 4.78 is 5.12. The van der Waals surface area contributed by atoms with Gasteiger partial charge in [0.05, 0.1) is 17.9 Å². The SMILES string of the molecule is CCOC(=O)[C@@H]1CCCCN1C(=O)CSc1ncnc2ccccc12. The number of aromatic nitrogens is 2. The van der Waals surface area contributed by atoms with Crippen LogP contribution >= 0.6 is 11.8 Å². The summed E-state index contributed by atoms with van der Waals surface area (Å²) in [6, 6.07) is 7.27. The van der Waals surface area contributed by atoms with Crippen molar-refractivity contribution in [2.24, 2.45) is 0 Å². The molecule has 0 radical (unpaired) electrons. The summed E-state index contributed by atoms with van der Waals surface area (Å²) in [5.41, 5.74) is 0.856. The number of hydrogen-bond acceptors (Lipinski definition) is 6. The third kappa shape index (κ3) is 4.10. The maximum Gasteiger partial charge on any atom is 0.328 e. The number of thioether (sulfide) groups is 1. The van der Waals surface area contributed by atoms with Crippen molar-refractivity contribution in [1.29, 1.82) is 0 Å². The minimum absolute atomic E-state index is 0.0505. The number of carbonyl (C=O) groups excluding carboxylic acids is 2. The van der Waals surface area contributed by atoms with Crippen LogP contribution < -0.4 is 0 Å². The lowest BCUT2D eigenvalue weighted by Crippen LogP contribution is -2.49. The quantitative estimate of drug-likeness (QED) is 0.464. The number of carbonyl (C=O) groups is 2. The van der Waals surface area contributed by atoms with Crippen molar-refractivity contribution in [3.63, 3.8) is 0 Å². The lowest BCUT2D eigenvalue weighted by atomic mass is 10.0. The molecule has 1 aromatic heterocycles. The number of piperidine rings is 1. The van der Waals surface area contributed by atoms with Crippen LogP contribution in [0.4, 0.5) is 0 Å². The molecule has 0 N–H and O–H groups in total. The van der Waals surface area contributed by atoms with Crippen LogP contribution in [0.1, 0.15) is 26.2 Å². The minimum atomic E-state index is -0.455. The number of hydrogen-bond donors (Lipinski definition) is 0. The molecule has 2 aromatic rings. The molecule has 3 rings (SSSR count). The number of esters is 1. The van der Waals surface area contributed by atoms with Crippen LogP contribution in [0.15, 0.2) is 35.6 Å². The van der Waals surface area contributed by atoms with Gasteiger partial charge < -0.3 is 9.64 Å². The zero-order chi connectivity index (χ0) is 17.6. The van der Waals surface area contributed by atoms with E-state index in [1.165, 1.54) is 18.1 Å². The van der Waals surface area contributed by atoms with Crippen LogP contribution in [-0.4, -0.2) is 51.7 Å². The number of rotatable bonds is 5. The number of likely N-dealkylation sites (tertiary alicyclic amines) is 1. The number of amides is 1. The van der Waals surface area contributed by atoms with Crippen molar-refractivity contribution < 1.29 is 14.3 Å². The van der Waals surface area contributed by atoms with Gasteiger partial charge in [-0.3, -0.25) is 4.79 Å². The number of fused-ring (bicyclic) bond motifs is 1.